The summed E-state index contributed by atoms with van der Waals surface area (Å²) in [4.78, 5) is 6.90. The van der Waals surface area contributed by atoms with Crippen LogP contribution in [0.3, 0.4) is 0 Å². The van der Waals surface area contributed by atoms with Crippen LogP contribution < -0.4 is 0 Å². The van der Waals surface area contributed by atoms with Crippen LogP contribution in [-0.2, 0) is 6.42 Å². The monoisotopic (exact) mass is 258 g/mol. The zero-order valence-electron chi connectivity index (χ0n) is 10.2. The Morgan fingerprint density at radius 1 is 1.11 bits per heavy atom. The second kappa shape index (κ2) is 6.60. The summed E-state index contributed by atoms with van der Waals surface area (Å²) in [6.07, 6.45) is 3.29. The lowest BCUT2D eigenvalue weighted by atomic mass is 10.1. The lowest BCUT2D eigenvalue weighted by Crippen LogP contribution is -1.96. The molecule has 0 aliphatic rings. The van der Waals surface area contributed by atoms with E-state index < -0.39 is 11.8 Å². The summed E-state index contributed by atoms with van der Waals surface area (Å²) in [5, 5.41) is 0. The number of benzene rings is 1. The fourth-order valence-corrected chi connectivity index (χ4v) is 1.57. The van der Waals surface area contributed by atoms with E-state index >= 15 is 0 Å². The molecule has 0 amide bonds. The Kier molecular flexibility index (Phi) is 4.57. The van der Waals surface area contributed by atoms with Crippen LogP contribution in [0.5, 0.6) is 0 Å². The van der Waals surface area contributed by atoms with Gasteiger partial charge in [-0.05, 0) is 24.3 Å². The van der Waals surface area contributed by atoms with E-state index in [1.807, 2.05) is 18.2 Å². The molecule has 19 heavy (non-hydrogen) atoms. The molecule has 0 bridgehead atoms. The SMILES string of the molecule is Fc1cnc(C#CCCCc2ccccc2)nc1F. The molecule has 96 valence electrons. The van der Waals surface area contributed by atoms with Crippen LogP contribution in [0, 0.1) is 23.6 Å². The molecule has 0 atom stereocenters. The number of unbranched alkanes of at least 4 members (excludes halogenated alkanes) is 1. The van der Waals surface area contributed by atoms with Crippen molar-refractivity contribution in [3.05, 3.63) is 59.7 Å². The fraction of sp³-hybridized carbons (Fsp3) is 0.200. The Morgan fingerprint density at radius 2 is 1.89 bits per heavy atom. The number of halogens is 2. The van der Waals surface area contributed by atoms with Crippen LogP contribution in [0.15, 0.2) is 36.5 Å². The molecule has 2 nitrogen and oxygen atoms in total. The summed E-state index contributed by atoms with van der Waals surface area (Å²) < 4.78 is 25.4. The van der Waals surface area contributed by atoms with E-state index in [4.69, 9.17) is 0 Å². The Hall–Kier alpha value is -2.28. The number of aryl methyl sites for hydroxylation is 1. The first-order valence-corrected chi connectivity index (χ1v) is 5.96. The number of nitrogens with zero attached hydrogens (tertiary/aromatic N) is 2. The van der Waals surface area contributed by atoms with E-state index in [2.05, 4.69) is 33.9 Å². The van der Waals surface area contributed by atoms with Crippen LogP contribution in [0.1, 0.15) is 24.2 Å². The molecule has 1 aromatic carbocycles. The Bertz CT molecular complexity index is 601. The number of hydrogen-bond donors (Lipinski definition) is 0. The highest BCUT2D eigenvalue weighted by molar-refractivity contribution is 5.20. The smallest absolute Gasteiger partial charge is 0.226 e. The van der Waals surface area contributed by atoms with Crippen LogP contribution in [0.2, 0.25) is 0 Å². The van der Waals surface area contributed by atoms with Crippen LogP contribution in [0.4, 0.5) is 8.78 Å². The van der Waals surface area contributed by atoms with Crippen molar-refractivity contribution in [2.24, 2.45) is 0 Å². The second-order valence-electron chi connectivity index (χ2n) is 3.97. The Morgan fingerprint density at radius 3 is 2.63 bits per heavy atom. The number of aromatic nitrogens is 2. The summed E-state index contributed by atoms with van der Waals surface area (Å²) in [6.45, 7) is 0. The molecule has 0 fully saturated rings. The highest BCUT2D eigenvalue weighted by Crippen LogP contribution is 2.04. The molecule has 0 N–H and O–H groups in total. The predicted molar refractivity (Wildman–Crippen MR) is 68.2 cm³/mol. The van der Waals surface area contributed by atoms with Gasteiger partial charge in [-0.25, -0.2) is 9.37 Å². The molecule has 4 heteroatoms. The molecule has 2 aromatic rings. The lowest BCUT2D eigenvalue weighted by molar-refractivity contribution is 0.471. The zero-order valence-corrected chi connectivity index (χ0v) is 10.2. The van der Waals surface area contributed by atoms with Gasteiger partial charge in [0.1, 0.15) is 0 Å². The number of hydrogen-bond acceptors (Lipinski definition) is 2. The normalized spacial score (nSPS) is 9.79. The van der Waals surface area contributed by atoms with Gasteiger partial charge in [-0.3, -0.25) is 0 Å². The third-order valence-corrected chi connectivity index (χ3v) is 2.51. The van der Waals surface area contributed by atoms with Crippen molar-refractivity contribution in [3.8, 4) is 11.8 Å². The minimum absolute atomic E-state index is 0.0126. The van der Waals surface area contributed by atoms with Crippen molar-refractivity contribution >= 4 is 0 Å². The van der Waals surface area contributed by atoms with Crippen molar-refractivity contribution in [3.63, 3.8) is 0 Å². The van der Waals surface area contributed by atoms with Gasteiger partial charge >= 0.3 is 0 Å². The maximum absolute atomic E-state index is 12.8. The third kappa shape index (κ3) is 4.14. The summed E-state index contributed by atoms with van der Waals surface area (Å²) in [7, 11) is 0. The zero-order chi connectivity index (χ0) is 13.5. The molecule has 0 saturated heterocycles. The van der Waals surface area contributed by atoms with Gasteiger partial charge in [0.05, 0.1) is 6.20 Å². The Labute approximate surface area is 110 Å². The van der Waals surface area contributed by atoms with Crippen molar-refractivity contribution in [1.29, 1.82) is 0 Å². The molecule has 0 spiro atoms. The first-order valence-electron chi connectivity index (χ1n) is 5.96. The van der Waals surface area contributed by atoms with Crippen LogP contribution in [-0.4, -0.2) is 9.97 Å². The lowest BCUT2D eigenvalue weighted by Gasteiger charge is -1.96. The van der Waals surface area contributed by atoms with Gasteiger partial charge in [0.15, 0.2) is 5.82 Å². The highest BCUT2D eigenvalue weighted by Gasteiger charge is 2.02. The molecular formula is C15H12F2N2. The molecule has 0 saturated carbocycles. The topological polar surface area (TPSA) is 25.8 Å². The summed E-state index contributed by atoms with van der Waals surface area (Å²) in [5.74, 6) is 3.26. The van der Waals surface area contributed by atoms with E-state index in [9.17, 15) is 8.78 Å². The molecule has 1 aromatic heterocycles. The molecule has 0 aliphatic heterocycles. The predicted octanol–water partition coefficient (Wildman–Crippen LogP) is 3.13. The maximum atomic E-state index is 12.8. The molecule has 1 heterocycles. The number of rotatable bonds is 3. The average molecular weight is 258 g/mol. The van der Waals surface area contributed by atoms with Crippen molar-refractivity contribution < 1.29 is 8.78 Å². The van der Waals surface area contributed by atoms with Crippen LogP contribution >= 0.6 is 0 Å². The summed E-state index contributed by atoms with van der Waals surface area (Å²) >= 11 is 0. The van der Waals surface area contributed by atoms with Gasteiger partial charge < -0.3 is 0 Å². The van der Waals surface area contributed by atoms with Crippen LogP contribution in [0.25, 0.3) is 0 Å². The van der Waals surface area contributed by atoms with Crippen molar-refractivity contribution in [2.45, 2.75) is 19.3 Å². The van der Waals surface area contributed by atoms with Gasteiger partial charge in [-0.1, -0.05) is 36.3 Å². The minimum Gasteiger partial charge on any atom is -0.226 e. The standard InChI is InChI=1S/C15H12F2N2/c16-13-11-18-14(19-15(13)17)10-6-2-5-9-12-7-3-1-4-8-12/h1,3-4,7-8,11H,2,5,9H2. The quantitative estimate of drug-likeness (QED) is 0.480. The fourth-order valence-electron chi connectivity index (χ4n) is 1.57. The summed E-state index contributed by atoms with van der Waals surface area (Å²) in [5.41, 5.74) is 1.26. The van der Waals surface area contributed by atoms with Gasteiger partial charge in [-0.2, -0.15) is 9.37 Å². The highest BCUT2D eigenvalue weighted by atomic mass is 19.2. The van der Waals surface area contributed by atoms with E-state index in [0.29, 0.717) is 6.42 Å². The molecule has 0 unspecified atom stereocenters. The van der Waals surface area contributed by atoms with E-state index in [1.165, 1.54) is 5.56 Å². The third-order valence-electron chi connectivity index (χ3n) is 2.51. The molecule has 0 radical (unpaired) electrons. The van der Waals surface area contributed by atoms with Crippen molar-refractivity contribution in [2.75, 3.05) is 0 Å². The van der Waals surface area contributed by atoms with Gasteiger partial charge in [-0.15, -0.1) is 0 Å². The van der Waals surface area contributed by atoms with Crippen molar-refractivity contribution in [1.82, 2.24) is 9.97 Å². The van der Waals surface area contributed by atoms with E-state index in [-0.39, 0.29) is 5.82 Å². The maximum Gasteiger partial charge on any atom is 0.253 e. The molecular weight excluding hydrogens is 246 g/mol. The van der Waals surface area contributed by atoms with E-state index in [0.717, 1.165) is 19.0 Å². The minimum atomic E-state index is -1.16. The Balaban J connectivity index is 1.83. The second-order valence-corrected chi connectivity index (χ2v) is 3.97. The molecule has 0 aliphatic carbocycles. The van der Waals surface area contributed by atoms with Gasteiger partial charge in [0, 0.05) is 6.42 Å². The van der Waals surface area contributed by atoms with Gasteiger partial charge in [0.25, 0.3) is 5.95 Å². The first-order chi connectivity index (χ1) is 9.25. The van der Waals surface area contributed by atoms with E-state index in [1.54, 1.807) is 0 Å². The average Bonchev–Trinajstić information content (AvgIpc) is 2.43. The molecule has 2 rings (SSSR count). The summed E-state index contributed by atoms with van der Waals surface area (Å²) in [6, 6.07) is 10.1. The van der Waals surface area contributed by atoms with Gasteiger partial charge in [0.2, 0.25) is 5.82 Å². The largest absolute Gasteiger partial charge is 0.253 e. The first kappa shape index (κ1) is 13.2.